The first-order valence-electron chi connectivity index (χ1n) is 8.66. The standard InChI is InChI=1S/C18H27FN2O4S/c1-18(2,3)25-17(22)20(4)16-6-5-11-21(12-16)26(23,24)13-14-7-9-15(19)10-8-14/h7-10,16H,5-6,11-13H2,1-4H3/t16-/m1/s1. The van der Waals surface area contributed by atoms with E-state index in [4.69, 9.17) is 4.74 Å². The Labute approximate surface area is 155 Å². The molecule has 26 heavy (non-hydrogen) atoms. The third-order valence-corrected chi connectivity index (χ3v) is 6.06. The molecule has 6 nitrogen and oxygen atoms in total. The smallest absolute Gasteiger partial charge is 0.410 e. The molecule has 0 aliphatic carbocycles. The minimum Gasteiger partial charge on any atom is -0.444 e. The van der Waals surface area contributed by atoms with Crippen LogP contribution < -0.4 is 0 Å². The van der Waals surface area contributed by atoms with E-state index in [1.54, 1.807) is 27.8 Å². The van der Waals surface area contributed by atoms with Crippen LogP contribution in [0.5, 0.6) is 0 Å². The molecule has 1 heterocycles. The number of carbonyl (C=O) groups excluding carboxylic acids is 1. The zero-order valence-electron chi connectivity index (χ0n) is 15.7. The predicted molar refractivity (Wildman–Crippen MR) is 97.6 cm³/mol. The second-order valence-electron chi connectivity index (χ2n) is 7.63. The van der Waals surface area contributed by atoms with Gasteiger partial charge in [-0.25, -0.2) is 17.6 Å². The molecule has 1 aromatic rings. The van der Waals surface area contributed by atoms with Gasteiger partial charge in [0.25, 0.3) is 0 Å². The Hall–Kier alpha value is -1.67. The van der Waals surface area contributed by atoms with Gasteiger partial charge in [-0.3, -0.25) is 0 Å². The summed E-state index contributed by atoms with van der Waals surface area (Å²) in [6, 6.07) is 5.21. The van der Waals surface area contributed by atoms with Crippen LogP contribution in [0, 0.1) is 5.82 Å². The average Bonchev–Trinajstić information content (AvgIpc) is 2.54. The van der Waals surface area contributed by atoms with Crippen molar-refractivity contribution >= 4 is 16.1 Å². The summed E-state index contributed by atoms with van der Waals surface area (Å²) < 4.78 is 45.2. The summed E-state index contributed by atoms with van der Waals surface area (Å²) in [5.74, 6) is -0.584. The van der Waals surface area contributed by atoms with Crippen molar-refractivity contribution in [2.75, 3.05) is 20.1 Å². The Morgan fingerprint density at radius 3 is 2.50 bits per heavy atom. The first-order chi connectivity index (χ1) is 12.0. The van der Waals surface area contributed by atoms with E-state index in [1.165, 1.54) is 33.5 Å². The summed E-state index contributed by atoms with van der Waals surface area (Å²) in [6.45, 7) is 6.03. The lowest BCUT2D eigenvalue weighted by Gasteiger charge is -2.37. The zero-order chi connectivity index (χ0) is 19.5. The highest BCUT2D eigenvalue weighted by molar-refractivity contribution is 7.88. The molecule has 146 valence electrons. The second-order valence-corrected chi connectivity index (χ2v) is 9.60. The Balaban J connectivity index is 2.04. The summed E-state index contributed by atoms with van der Waals surface area (Å²) in [6.07, 6.45) is 0.930. The summed E-state index contributed by atoms with van der Waals surface area (Å²) >= 11 is 0. The van der Waals surface area contributed by atoms with Gasteiger partial charge >= 0.3 is 6.09 Å². The quantitative estimate of drug-likeness (QED) is 0.798. The molecule has 0 unspecified atom stereocenters. The highest BCUT2D eigenvalue weighted by Gasteiger charge is 2.33. The SMILES string of the molecule is CN(C(=O)OC(C)(C)C)[C@@H]1CCCN(S(=O)(=O)Cc2ccc(F)cc2)C1. The fourth-order valence-corrected chi connectivity index (χ4v) is 4.46. The number of hydrogen-bond acceptors (Lipinski definition) is 4. The van der Waals surface area contributed by atoms with Gasteiger partial charge in [0.1, 0.15) is 11.4 Å². The lowest BCUT2D eigenvalue weighted by atomic mass is 10.1. The molecule has 8 heteroatoms. The normalized spacial score (nSPS) is 19.2. The molecule has 1 aromatic carbocycles. The van der Waals surface area contributed by atoms with Gasteiger partial charge in [0.2, 0.25) is 10.0 Å². The molecule has 0 radical (unpaired) electrons. The number of likely N-dealkylation sites (N-methyl/N-ethyl adjacent to an activating group) is 1. The second kappa shape index (κ2) is 7.92. The Bertz CT molecular complexity index is 729. The van der Waals surface area contributed by atoms with E-state index in [9.17, 15) is 17.6 Å². The molecule has 1 aliphatic heterocycles. The maximum Gasteiger partial charge on any atom is 0.410 e. The van der Waals surface area contributed by atoms with Crippen molar-refractivity contribution in [1.29, 1.82) is 0 Å². The van der Waals surface area contributed by atoms with Crippen LogP contribution in [-0.2, 0) is 20.5 Å². The number of nitrogens with zero attached hydrogens (tertiary/aromatic N) is 2. The number of amides is 1. The Morgan fingerprint density at radius 1 is 1.31 bits per heavy atom. The Morgan fingerprint density at radius 2 is 1.92 bits per heavy atom. The van der Waals surface area contributed by atoms with E-state index >= 15 is 0 Å². The van der Waals surface area contributed by atoms with Gasteiger partial charge in [0.15, 0.2) is 0 Å². The van der Waals surface area contributed by atoms with Crippen LogP contribution in [0.2, 0.25) is 0 Å². The van der Waals surface area contributed by atoms with Crippen LogP contribution in [0.25, 0.3) is 0 Å². The van der Waals surface area contributed by atoms with Crippen molar-refractivity contribution in [1.82, 2.24) is 9.21 Å². The molecule has 1 amide bonds. The van der Waals surface area contributed by atoms with Gasteiger partial charge in [-0.15, -0.1) is 0 Å². The number of piperidine rings is 1. The molecular formula is C18H27FN2O4S. The van der Waals surface area contributed by atoms with E-state index in [1.807, 2.05) is 0 Å². The van der Waals surface area contributed by atoms with Crippen molar-refractivity contribution in [3.05, 3.63) is 35.6 Å². The monoisotopic (exact) mass is 386 g/mol. The highest BCUT2D eigenvalue weighted by atomic mass is 32.2. The number of benzene rings is 1. The highest BCUT2D eigenvalue weighted by Crippen LogP contribution is 2.22. The molecule has 2 rings (SSSR count). The third-order valence-electron chi connectivity index (χ3n) is 4.24. The summed E-state index contributed by atoms with van der Waals surface area (Å²) in [5, 5.41) is 0. The predicted octanol–water partition coefficient (Wildman–Crippen LogP) is 2.99. The van der Waals surface area contributed by atoms with E-state index in [-0.39, 0.29) is 18.3 Å². The molecular weight excluding hydrogens is 359 g/mol. The lowest BCUT2D eigenvalue weighted by molar-refractivity contribution is 0.0173. The van der Waals surface area contributed by atoms with Gasteiger partial charge in [-0.2, -0.15) is 4.31 Å². The van der Waals surface area contributed by atoms with Crippen molar-refractivity contribution in [2.45, 2.75) is 51.0 Å². The van der Waals surface area contributed by atoms with E-state index in [0.717, 1.165) is 6.42 Å². The van der Waals surface area contributed by atoms with Gasteiger partial charge in [-0.1, -0.05) is 12.1 Å². The van der Waals surface area contributed by atoms with Gasteiger partial charge < -0.3 is 9.64 Å². The number of hydrogen-bond donors (Lipinski definition) is 0. The largest absolute Gasteiger partial charge is 0.444 e. The fraction of sp³-hybridized carbons (Fsp3) is 0.611. The summed E-state index contributed by atoms with van der Waals surface area (Å²) in [4.78, 5) is 13.7. The van der Waals surface area contributed by atoms with Gasteiger partial charge in [0, 0.05) is 26.2 Å². The van der Waals surface area contributed by atoms with Crippen LogP contribution in [0.4, 0.5) is 9.18 Å². The third kappa shape index (κ3) is 5.67. The van der Waals surface area contributed by atoms with Gasteiger partial charge in [-0.05, 0) is 51.3 Å². The van der Waals surface area contributed by atoms with Crippen molar-refractivity contribution < 1.29 is 22.3 Å². The summed E-state index contributed by atoms with van der Waals surface area (Å²) in [7, 11) is -1.91. The summed E-state index contributed by atoms with van der Waals surface area (Å²) in [5.41, 5.74) is -0.0667. The first kappa shape index (κ1) is 20.6. The minimum atomic E-state index is -3.54. The topological polar surface area (TPSA) is 66.9 Å². The van der Waals surface area contributed by atoms with Crippen LogP contribution in [0.1, 0.15) is 39.2 Å². The van der Waals surface area contributed by atoms with Crippen molar-refractivity contribution in [3.63, 3.8) is 0 Å². The molecule has 0 aromatic heterocycles. The van der Waals surface area contributed by atoms with Crippen molar-refractivity contribution in [3.8, 4) is 0 Å². The van der Waals surface area contributed by atoms with Crippen molar-refractivity contribution in [2.24, 2.45) is 0 Å². The molecule has 1 fully saturated rings. The maximum atomic E-state index is 13.0. The first-order valence-corrected chi connectivity index (χ1v) is 10.3. The van der Waals surface area contributed by atoms with Crippen LogP contribution in [-0.4, -0.2) is 55.5 Å². The van der Waals surface area contributed by atoms with Gasteiger partial charge in [0.05, 0.1) is 5.75 Å². The molecule has 1 atom stereocenters. The number of rotatable bonds is 4. The fourth-order valence-electron chi connectivity index (χ4n) is 2.86. The molecule has 0 bridgehead atoms. The molecule has 0 spiro atoms. The molecule has 0 saturated carbocycles. The number of sulfonamides is 1. The Kier molecular flexibility index (Phi) is 6.29. The molecule has 1 saturated heterocycles. The molecule has 0 N–H and O–H groups in total. The number of carbonyl (C=O) groups is 1. The van der Waals surface area contributed by atoms with E-state index in [2.05, 4.69) is 0 Å². The van der Waals surface area contributed by atoms with Crippen LogP contribution >= 0.6 is 0 Å². The average molecular weight is 386 g/mol. The lowest BCUT2D eigenvalue weighted by Crippen LogP contribution is -2.51. The van der Waals surface area contributed by atoms with Crippen LogP contribution in [0.3, 0.4) is 0 Å². The maximum absolute atomic E-state index is 13.0. The zero-order valence-corrected chi connectivity index (χ0v) is 16.6. The number of halogens is 1. The number of ether oxygens (including phenoxy) is 1. The van der Waals surface area contributed by atoms with E-state index < -0.39 is 27.5 Å². The van der Waals surface area contributed by atoms with E-state index in [0.29, 0.717) is 18.5 Å². The van der Waals surface area contributed by atoms with Crippen LogP contribution in [0.15, 0.2) is 24.3 Å². The molecule has 1 aliphatic rings. The minimum absolute atomic E-state index is 0.184.